The molecule has 0 bridgehead atoms. The van der Waals surface area contributed by atoms with Crippen molar-refractivity contribution >= 4 is 34.2 Å². The Kier molecular flexibility index (Phi) is 3.72. The molecule has 0 spiro atoms. The number of benzene rings is 1. The summed E-state index contributed by atoms with van der Waals surface area (Å²) >= 11 is 6.73. The van der Waals surface area contributed by atoms with Gasteiger partial charge in [0.15, 0.2) is 0 Å². The molecule has 0 unspecified atom stereocenters. The van der Waals surface area contributed by atoms with Gasteiger partial charge in [-0.2, -0.15) is 0 Å². The van der Waals surface area contributed by atoms with Gasteiger partial charge in [-0.25, -0.2) is 4.39 Å². The molecule has 0 saturated heterocycles. The second-order valence-corrected chi connectivity index (χ2v) is 6.41. The van der Waals surface area contributed by atoms with Gasteiger partial charge in [-0.3, -0.25) is 0 Å². The fourth-order valence-corrected chi connectivity index (χ4v) is 3.27. The predicted octanol–water partition coefficient (Wildman–Crippen LogP) is 3.69. The minimum atomic E-state index is -0.341. The van der Waals surface area contributed by atoms with Gasteiger partial charge in [-0.15, -0.1) is 11.3 Å². The third-order valence-corrected chi connectivity index (χ3v) is 4.51. The second kappa shape index (κ2) is 5.50. The zero-order valence-corrected chi connectivity index (χ0v) is 12.5. The van der Waals surface area contributed by atoms with Crippen LogP contribution in [0.4, 0.5) is 10.1 Å². The van der Waals surface area contributed by atoms with Gasteiger partial charge in [0.2, 0.25) is 0 Å². The van der Waals surface area contributed by atoms with Crippen molar-refractivity contribution in [3.05, 3.63) is 52.0 Å². The summed E-state index contributed by atoms with van der Waals surface area (Å²) in [5.74, 6) is -0.341. The molecule has 5 heteroatoms. The Morgan fingerprint density at radius 3 is 2.75 bits per heavy atom. The summed E-state index contributed by atoms with van der Waals surface area (Å²) in [7, 11) is 0. The quantitative estimate of drug-likeness (QED) is 0.854. The molecule has 0 amide bonds. The van der Waals surface area contributed by atoms with Gasteiger partial charge in [-0.05, 0) is 36.4 Å². The van der Waals surface area contributed by atoms with Crippen LogP contribution >= 0.6 is 23.6 Å². The number of hydrogen-bond acceptors (Lipinski definition) is 3. The zero-order valence-electron chi connectivity index (χ0n) is 10.9. The zero-order chi connectivity index (χ0) is 14.1. The molecular weight excluding hydrogens is 291 g/mol. The van der Waals surface area contributed by atoms with E-state index >= 15 is 0 Å². The van der Waals surface area contributed by atoms with Crippen LogP contribution in [-0.4, -0.2) is 11.0 Å². The highest BCUT2D eigenvalue weighted by Gasteiger charge is 2.31. The number of anilines is 1. The van der Waals surface area contributed by atoms with E-state index in [0.717, 1.165) is 25.1 Å². The lowest BCUT2D eigenvalue weighted by molar-refractivity contribution is 0.623. The van der Waals surface area contributed by atoms with Crippen LogP contribution in [0.2, 0.25) is 0 Å². The molecule has 1 heterocycles. The molecule has 1 aliphatic rings. The van der Waals surface area contributed by atoms with Crippen LogP contribution in [0.3, 0.4) is 0 Å². The fourth-order valence-electron chi connectivity index (χ4n) is 2.36. The van der Waals surface area contributed by atoms with Crippen molar-refractivity contribution in [2.45, 2.75) is 25.4 Å². The first-order chi connectivity index (χ1) is 9.66. The van der Waals surface area contributed by atoms with E-state index in [1.807, 2.05) is 12.1 Å². The normalized spacial score (nSPS) is 14.2. The van der Waals surface area contributed by atoms with Gasteiger partial charge in [-0.1, -0.05) is 24.4 Å². The van der Waals surface area contributed by atoms with Crippen LogP contribution < -0.4 is 10.6 Å². The van der Waals surface area contributed by atoms with Crippen LogP contribution in [0.25, 0.3) is 0 Å². The molecule has 0 atom stereocenters. The number of hydrogen-bond donors (Lipinski definition) is 1. The third kappa shape index (κ3) is 2.69. The maximum atomic E-state index is 14.0. The van der Waals surface area contributed by atoms with Crippen molar-refractivity contribution < 1.29 is 4.39 Å². The SMILES string of the molecule is NC(=S)c1c(F)cccc1N(Cc1cccs1)C1CC1. The molecule has 0 radical (unpaired) electrons. The lowest BCUT2D eigenvalue weighted by atomic mass is 10.1. The summed E-state index contributed by atoms with van der Waals surface area (Å²) in [6.07, 6.45) is 2.28. The first-order valence-electron chi connectivity index (χ1n) is 6.54. The number of halogens is 1. The number of thiophene rings is 1. The maximum Gasteiger partial charge on any atom is 0.135 e. The van der Waals surface area contributed by atoms with Crippen LogP contribution in [-0.2, 0) is 6.54 Å². The lowest BCUT2D eigenvalue weighted by Gasteiger charge is -2.26. The number of rotatable bonds is 5. The summed E-state index contributed by atoms with van der Waals surface area (Å²) in [6, 6.07) is 9.63. The standard InChI is InChI=1S/C15H15FN2S2/c16-12-4-1-5-13(14(12)15(17)19)18(10-6-7-10)9-11-3-2-8-20-11/h1-5,8,10H,6-7,9H2,(H2,17,19). The molecule has 3 rings (SSSR count). The van der Waals surface area contributed by atoms with Gasteiger partial charge in [0.1, 0.15) is 10.8 Å². The topological polar surface area (TPSA) is 29.3 Å². The molecule has 1 aromatic carbocycles. The van der Waals surface area contributed by atoms with Crippen LogP contribution in [0, 0.1) is 5.82 Å². The number of nitrogens with zero attached hydrogens (tertiary/aromatic N) is 1. The monoisotopic (exact) mass is 306 g/mol. The van der Waals surface area contributed by atoms with Crippen LogP contribution in [0.5, 0.6) is 0 Å². The number of nitrogens with two attached hydrogens (primary N) is 1. The average Bonchev–Trinajstić information content (AvgIpc) is 3.12. The minimum Gasteiger partial charge on any atom is -0.389 e. The van der Waals surface area contributed by atoms with Crippen molar-refractivity contribution in [2.75, 3.05) is 4.90 Å². The highest BCUT2D eigenvalue weighted by Crippen LogP contribution is 2.36. The largest absolute Gasteiger partial charge is 0.389 e. The first-order valence-corrected chi connectivity index (χ1v) is 7.83. The Morgan fingerprint density at radius 1 is 1.35 bits per heavy atom. The van der Waals surface area contributed by atoms with Crippen molar-refractivity contribution in [2.24, 2.45) is 5.73 Å². The predicted molar refractivity (Wildman–Crippen MR) is 85.8 cm³/mol. The molecule has 1 saturated carbocycles. The van der Waals surface area contributed by atoms with E-state index in [9.17, 15) is 4.39 Å². The van der Waals surface area contributed by atoms with E-state index in [1.165, 1.54) is 10.9 Å². The Hall–Kier alpha value is -1.46. The third-order valence-electron chi connectivity index (χ3n) is 3.44. The summed E-state index contributed by atoms with van der Waals surface area (Å²) < 4.78 is 14.0. The molecule has 2 N–H and O–H groups in total. The van der Waals surface area contributed by atoms with Crippen molar-refractivity contribution in [3.8, 4) is 0 Å². The highest BCUT2D eigenvalue weighted by atomic mass is 32.1. The first kappa shape index (κ1) is 13.5. The van der Waals surface area contributed by atoms with E-state index in [0.29, 0.717) is 11.6 Å². The molecule has 2 aromatic rings. The fraction of sp³-hybridized carbons (Fsp3) is 0.267. The molecule has 0 aliphatic heterocycles. The van der Waals surface area contributed by atoms with E-state index in [1.54, 1.807) is 17.4 Å². The van der Waals surface area contributed by atoms with Gasteiger partial charge in [0.25, 0.3) is 0 Å². The van der Waals surface area contributed by atoms with Crippen LogP contribution in [0.1, 0.15) is 23.3 Å². The Balaban J connectivity index is 1.99. The van der Waals surface area contributed by atoms with Gasteiger partial charge >= 0.3 is 0 Å². The molecular formula is C15H15FN2S2. The van der Waals surface area contributed by atoms with Gasteiger partial charge in [0.05, 0.1) is 17.8 Å². The van der Waals surface area contributed by atoms with E-state index in [2.05, 4.69) is 16.3 Å². The summed E-state index contributed by atoms with van der Waals surface area (Å²) in [4.78, 5) is 3.61. The van der Waals surface area contributed by atoms with E-state index in [4.69, 9.17) is 18.0 Å². The summed E-state index contributed by atoms with van der Waals surface area (Å²) in [6.45, 7) is 0.779. The molecule has 20 heavy (non-hydrogen) atoms. The molecule has 1 aliphatic carbocycles. The molecule has 2 nitrogen and oxygen atoms in total. The van der Waals surface area contributed by atoms with E-state index in [-0.39, 0.29) is 10.8 Å². The van der Waals surface area contributed by atoms with Crippen molar-refractivity contribution in [1.82, 2.24) is 0 Å². The van der Waals surface area contributed by atoms with Gasteiger partial charge in [0, 0.05) is 10.9 Å². The minimum absolute atomic E-state index is 0.120. The Morgan fingerprint density at radius 2 is 2.15 bits per heavy atom. The molecule has 1 aromatic heterocycles. The molecule has 1 fully saturated rings. The number of thiocarbonyl (C=S) groups is 1. The van der Waals surface area contributed by atoms with Crippen molar-refractivity contribution in [3.63, 3.8) is 0 Å². The highest BCUT2D eigenvalue weighted by molar-refractivity contribution is 7.80. The summed E-state index contributed by atoms with van der Waals surface area (Å²) in [5, 5.41) is 2.06. The molecule has 104 valence electrons. The smallest absolute Gasteiger partial charge is 0.135 e. The maximum absolute atomic E-state index is 14.0. The van der Waals surface area contributed by atoms with Gasteiger partial charge < -0.3 is 10.6 Å². The summed E-state index contributed by atoms with van der Waals surface area (Å²) in [5.41, 5.74) is 6.89. The average molecular weight is 306 g/mol. The van der Waals surface area contributed by atoms with E-state index < -0.39 is 0 Å². The second-order valence-electron chi connectivity index (χ2n) is 4.94. The Labute approximate surface area is 127 Å². The Bertz CT molecular complexity index is 621. The van der Waals surface area contributed by atoms with Crippen LogP contribution in [0.15, 0.2) is 35.7 Å². The van der Waals surface area contributed by atoms with Crippen molar-refractivity contribution in [1.29, 1.82) is 0 Å². The lowest BCUT2D eigenvalue weighted by Crippen LogP contribution is -2.28.